The van der Waals surface area contributed by atoms with Gasteiger partial charge in [0.2, 0.25) is 0 Å². The van der Waals surface area contributed by atoms with Gasteiger partial charge >= 0.3 is 0 Å². The van der Waals surface area contributed by atoms with Crippen LogP contribution in [0, 0.1) is 10.1 Å². The maximum absolute atomic E-state index is 11.1. The molecule has 0 amide bonds. The fourth-order valence-electron chi connectivity index (χ4n) is 2.58. The first-order valence-corrected chi connectivity index (χ1v) is 6.91. The summed E-state index contributed by atoms with van der Waals surface area (Å²) in [6.45, 7) is 5.20. The highest BCUT2D eigenvalue weighted by Crippen LogP contribution is 2.29. The monoisotopic (exact) mass is 279 g/mol. The summed E-state index contributed by atoms with van der Waals surface area (Å²) in [6.07, 6.45) is 2.49. The molecule has 0 aromatic heterocycles. The van der Waals surface area contributed by atoms with E-state index in [1.807, 2.05) is 6.92 Å². The number of ether oxygens (including phenoxy) is 1. The van der Waals surface area contributed by atoms with Gasteiger partial charge < -0.3 is 15.0 Å². The molecule has 0 bridgehead atoms. The number of rotatable bonds is 6. The molecular formula is C14H21N3O3. The number of benzene rings is 1. The highest BCUT2D eigenvalue weighted by molar-refractivity contribution is 5.64. The minimum atomic E-state index is -0.382. The van der Waals surface area contributed by atoms with E-state index < -0.39 is 0 Å². The van der Waals surface area contributed by atoms with Crippen LogP contribution in [0.4, 0.5) is 11.4 Å². The summed E-state index contributed by atoms with van der Waals surface area (Å²) in [7, 11) is 1.50. The van der Waals surface area contributed by atoms with E-state index in [2.05, 4.69) is 10.2 Å². The number of hydrogen-bond acceptors (Lipinski definition) is 5. The number of nitro benzene ring substituents is 1. The van der Waals surface area contributed by atoms with E-state index in [4.69, 9.17) is 4.74 Å². The van der Waals surface area contributed by atoms with E-state index in [0.717, 1.165) is 19.6 Å². The van der Waals surface area contributed by atoms with Gasteiger partial charge in [-0.15, -0.1) is 0 Å². The average molecular weight is 279 g/mol. The summed E-state index contributed by atoms with van der Waals surface area (Å²) < 4.78 is 5.03. The Morgan fingerprint density at radius 2 is 2.15 bits per heavy atom. The largest absolute Gasteiger partial charge is 0.496 e. The molecule has 1 saturated heterocycles. The van der Waals surface area contributed by atoms with E-state index >= 15 is 0 Å². The first kappa shape index (κ1) is 14.6. The van der Waals surface area contributed by atoms with Crippen LogP contribution in [-0.4, -0.2) is 42.6 Å². The quantitative estimate of drug-likeness (QED) is 0.640. The van der Waals surface area contributed by atoms with Crippen molar-refractivity contribution < 1.29 is 9.66 Å². The lowest BCUT2D eigenvalue weighted by atomic mass is 10.2. The second-order valence-corrected chi connectivity index (χ2v) is 5.19. The highest BCUT2D eigenvalue weighted by atomic mass is 16.6. The van der Waals surface area contributed by atoms with E-state index in [1.165, 1.54) is 26.0 Å². The van der Waals surface area contributed by atoms with Crippen LogP contribution in [0.2, 0.25) is 0 Å². The van der Waals surface area contributed by atoms with Gasteiger partial charge in [-0.2, -0.15) is 0 Å². The van der Waals surface area contributed by atoms with Crippen molar-refractivity contribution in [2.45, 2.75) is 25.8 Å². The molecule has 1 heterocycles. The normalized spacial score (nSPS) is 16.9. The highest BCUT2D eigenvalue weighted by Gasteiger charge is 2.19. The molecule has 1 atom stereocenters. The number of methoxy groups -OCH3 is 1. The number of anilines is 1. The van der Waals surface area contributed by atoms with Gasteiger partial charge in [0.25, 0.3) is 5.69 Å². The SMILES string of the molecule is COc1ccc(NC(C)CN2CCCC2)c([N+](=O)[O-])c1. The Morgan fingerprint density at radius 1 is 1.45 bits per heavy atom. The molecule has 0 radical (unpaired) electrons. The topological polar surface area (TPSA) is 67.6 Å². The second kappa shape index (κ2) is 6.56. The van der Waals surface area contributed by atoms with Gasteiger partial charge in [-0.05, 0) is 45.0 Å². The van der Waals surface area contributed by atoms with Crippen molar-refractivity contribution in [2.24, 2.45) is 0 Å². The predicted molar refractivity (Wildman–Crippen MR) is 78.4 cm³/mol. The third-order valence-electron chi connectivity index (χ3n) is 3.53. The molecule has 1 aliphatic heterocycles. The second-order valence-electron chi connectivity index (χ2n) is 5.19. The lowest BCUT2D eigenvalue weighted by molar-refractivity contribution is -0.384. The first-order chi connectivity index (χ1) is 9.60. The van der Waals surface area contributed by atoms with E-state index in [1.54, 1.807) is 12.1 Å². The van der Waals surface area contributed by atoms with Crippen LogP contribution in [-0.2, 0) is 0 Å². The number of hydrogen-bond donors (Lipinski definition) is 1. The Hall–Kier alpha value is -1.82. The van der Waals surface area contributed by atoms with Crippen LogP contribution in [0.5, 0.6) is 5.75 Å². The average Bonchev–Trinajstić information content (AvgIpc) is 2.91. The summed E-state index contributed by atoms with van der Waals surface area (Å²) in [5.41, 5.74) is 0.597. The Morgan fingerprint density at radius 3 is 2.75 bits per heavy atom. The number of nitrogens with one attached hydrogen (secondary N) is 1. The molecule has 1 unspecified atom stereocenters. The minimum Gasteiger partial charge on any atom is -0.496 e. The van der Waals surface area contributed by atoms with Crippen LogP contribution < -0.4 is 10.1 Å². The number of nitro groups is 1. The van der Waals surface area contributed by atoms with Gasteiger partial charge in [0.05, 0.1) is 18.1 Å². The summed E-state index contributed by atoms with van der Waals surface area (Å²) in [5.74, 6) is 0.495. The Kier molecular flexibility index (Phi) is 4.79. The summed E-state index contributed by atoms with van der Waals surface area (Å²) in [4.78, 5) is 13.1. The lowest BCUT2D eigenvalue weighted by Gasteiger charge is -2.22. The van der Waals surface area contributed by atoms with Crippen LogP contribution in [0.3, 0.4) is 0 Å². The predicted octanol–water partition coefficient (Wildman–Crippen LogP) is 2.50. The first-order valence-electron chi connectivity index (χ1n) is 6.91. The smallest absolute Gasteiger partial charge is 0.296 e. The fourth-order valence-corrected chi connectivity index (χ4v) is 2.58. The van der Waals surface area contributed by atoms with E-state index in [-0.39, 0.29) is 16.7 Å². The van der Waals surface area contributed by atoms with Crippen molar-refractivity contribution >= 4 is 11.4 Å². The molecule has 1 N–H and O–H groups in total. The van der Waals surface area contributed by atoms with Crippen molar-refractivity contribution in [2.75, 3.05) is 32.1 Å². The summed E-state index contributed by atoms with van der Waals surface area (Å²) in [6, 6.07) is 5.06. The number of nitrogens with zero attached hydrogens (tertiary/aromatic N) is 2. The molecule has 0 saturated carbocycles. The fraction of sp³-hybridized carbons (Fsp3) is 0.571. The van der Waals surface area contributed by atoms with Crippen LogP contribution >= 0.6 is 0 Å². The molecule has 110 valence electrons. The zero-order valence-corrected chi connectivity index (χ0v) is 12.0. The Labute approximate surface area is 118 Å². The maximum Gasteiger partial charge on any atom is 0.296 e. The summed E-state index contributed by atoms with van der Waals surface area (Å²) >= 11 is 0. The van der Waals surface area contributed by atoms with Crippen LogP contribution in [0.15, 0.2) is 18.2 Å². The molecule has 1 aliphatic rings. The van der Waals surface area contributed by atoms with Gasteiger partial charge in [0, 0.05) is 12.6 Å². The van der Waals surface area contributed by atoms with Crippen molar-refractivity contribution in [1.29, 1.82) is 0 Å². The molecule has 2 rings (SSSR count). The molecule has 1 fully saturated rings. The molecule has 0 spiro atoms. The molecule has 0 aliphatic carbocycles. The van der Waals surface area contributed by atoms with Gasteiger partial charge in [0.15, 0.2) is 0 Å². The lowest BCUT2D eigenvalue weighted by Crippen LogP contribution is -2.33. The van der Waals surface area contributed by atoms with Crippen molar-refractivity contribution in [3.63, 3.8) is 0 Å². The Balaban J connectivity index is 2.05. The standard InChI is InChI=1S/C14H21N3O3/c1-11(10-16-7-3-4-8-16)15-13-6-5-12(20-2)9-14(13)17(18)19/h5-6,9,11,15H,3-4,7-8,10H2,1-2H3. The van der Waals surface area contributed by atoms with Crippen LogP contribution in [0.1, 0.15) is 19.8 Å². The Bertz CT molecular complexity index is 473. The van der Waals surface area contributed by atoms with Crippen molar-refractivity contribution in [1.82, 2.24) is 4.90 Å². The van der Waals surface area contributed by atoms with Gasteiger partial charge in [-0.3, -0.25) is 10.1 Å². The molecule has 20 heavy (non-hydrogen) atoms. The number of likely N-dealkylation sites (tertiary alicyclic amines) is 1. The van der Waals surface area contributed by atoms with Gasteiger partial charge in [0.1, 0.15) is 11.4 Å². The molecule has 1 aromatic rings. The van der Waals surface area contributed by atoms with Crippen LogP contribution in [0.25, 0.3) is 0 Å². The summed E-state index contributed by atoms with van der Waals surface area (Å²) in [5, 5.41) is 14.3. The van der Waals surface area contributed by atoms with Gasteiger partial charge in [-0.25, -0.2) is 0 Å². The third-order valence-corrected chi connectivity index (χ3v) is 3.53. The van der Waals surface area contributed by atoms with Crippen molar-refractivity contribution in [3.8, 4) is 5.75 Å². The van der Waals surface area contributed by atoms with E-state index in [9.17, 15) is 10.1 Å². The minimum absolute atomic E-state index is 0.0534. The zero-order chi connectivity index (χ0) is 14.5. The third kappa shape index (κ3) is 3.60. The zero-order valence-electron chi connectivity index (χ0n) is 12.0. The van der Waals surface area contributed by atoms with Crippen molar-refractivity contribution in [3.05, 3.63) is 28.3 Å². The molecule has 1 aromatic carbocycles. The van der Waals surface area contributed by atoms with Gasteiger partial charge in [-0.1, -0.05) is 0 Å². The molecule has 6 heteroatoms. The molecular weight excluding hydrogens is 258 g/mol. The van der Waals surface area contributed by atoms with E-state index in [0.29, 0.717) is 11.4 Å². The maximum atomic E-state index is 11.1. The molecule has 6 nitrogen and oxygen atoms in total.